The zero-order chi connectivity index (χ0) is 14.0. The van der Waals surface area contributed by atoms with Crippen LogP contribution in [0.1, 0.15) is 32.6 Å². The van der Waals surface area contributed by atoms with Crippen molar-refractivity contribution in [3.63, 3.8) is 0 Å². The number of halogens is 3. The van der Waals surface area contributed by atoms with E-state index in [4.69, 9.17) is 5.73 Å². The Balaban J connectivity index is 2.06. The highest BCUT2D eigenvalue weighted by Crippen LogP contribution is 2.31. The summed E-state index contributed by atoms with van der Waals surface area (Å²) in [7, 11) is 0. The van der Waals surface area contributed by atoms with Crippen molar-refractivity contribution in [2.75, 3.05) is 26.2 Å². The van der Waals surface area contributed by atoms with Gasteiger partial charge in [-0.25, -0.2) is 0 Å². The molecule has 0 aliphatic carbocycles. The number of piperazine rings is 1. The molecule has 2 aliphatic rings. The zero-order valence-corrected chi connectivity index (χ0v) is 11.5. The van der Waals surface area contributed by atoms with E-state index in [2.05, 4.69) is 4.90 Å². The molecule has 2 heterocycles. The third-order valence-corrected chi connectivity index (χ3v) is 4.47. The summed E-state index contributed by atoms with van der Waals surface area (Å²) in [5, 5.41) is 0. The van der Waals surface area contributed by atoms with Crippen molar-refractivity contribution >= 4 is 0 Å². The fraction of sp³-hybridized carbons (Fsp3) is 1.00. The fourth-order valence-corrected chi connectivity index (χ4v) is 3.38. The Labute approximate surface area is 112 Å². The van der Waals surface area contributed by atoms with Crippen molar-refractivity contribution in [1.29, 1.82) is 0 Å². The first-order valence-corrected chi connectivity index (χ1v) is 7.24. The number of hydrogen-bond donors (Lipinski definition) is 1. The average Bonchev–Trinajstić information content (AvgIpc) is 2.37. The first-order valence-electron chi connectivity index (χ1n) is 7.24. The Morgan fingerprint density at radius 2 is 1.95 bits per heavy atom. The molecule has 2 fully saturated rings. The van der Waals surface area contributed by atoms with Gasteiger partial charge in [0.25, 0.3) is 0 Å². The summed E-state index contributed by atoms with van der Waals surface area (Å²) < 4.78 is 39.7. The van der Waals surface area contributed by atoms with E-state index >= 15 is 0 Å². The maximum atomic E-state index is 13.2. The van der Waals surface area contributed by atoms with Crippen molar-refractivity contribution < 1.29 is 13.2 Å². The third kappa shape index (κ3) is 3.41. The van der Waals surface area contributed by atoms with Crippen molar-refractivity contribution in [2.45, 2.75) is 56.9 Å². The second-order valence-electron chi connectivity index (χ2n) is 5.74. The van der Waals surface area contributed by atoms with Crippen molar-refractivity contribution in [1.82, 2.24) is 9.80 Å². The largest absolute Gasteiger partial charge is 0.405 e. The highest BCUT2D eigenvalue weighted by atomic mass is 19.4. The van der Waals surface area contributed by atoms with E-state index < -0.39 is 18.3 Å². The van der Waals surface area contributed by atoms with Gasteiger partial charge in [0.15, 0.2) is 0 Å². The molecule has 6 heteroatoms. The molecule has 0 saturated carbocycles. The van der Waals surface area contributed by atoms with E-state index in [0.717, 1.165) is 25.9 Å². The molecular weight excluding hydrogens is 255 g/mol. The van der Waals surface area contributed by atoms with E-state index in [-0.39, 0.29) is 6.04 Å². The molecule has 112 valence electrons. The van der Waals surface area contributed by atoms with Gasteiger partial charge in [0.1, 0.15) is 6.04 Å². The van der Waals surface area contributed by atoms with Crippen LogP contribution in [0.2, 0.25) is 0 Å². The van der Waals surface area contributed by atoms with Crippen LogP contribution in [0.25, 0.3) is 0 Å². The molecule has 3 unspecified atom stereocenters. The molecule has 0 bridgehead atoms. The van der Waals surface area contributed by atoms with Crippen molar-refractivity contribution in [2.24, 2.45) is 5.73 Å². The smallest absolute Gasteiger partial charge is 0.326 e. The Bertz CT molecular complexity index is 295. The SMILES string of the molecule is CCC(N)C(N1CCN2CCCCC2C1)C(F)(F)F. The van der Waals surface area contributed by atoms with Gasteiger partial charge < -0.3 is 5.73 Å². The standard InChI is InChI=1S/C13H24F3N3/c1-2-11(17)12(13(14,15)16)19-8-7-18-6-4-3-5-10(18)9-19/h10-12H,2-9,17H2,1H3. The Morgan fingerprint density at radius 3 is 2.58 bits per heavy atom. The lowest BCUT2D eigenvalue weighted by Crippen LogP contribution is -2.64. The molecular formula is C13H24F3N3. The van der Waals surface area contributed by atoms with Crippen LogP contribution in [-0.2, 0) is 0 Å². The minimum absolute atomic E-state index is 0.288. The van der Waals surface area contributed by atoms with E-state index in [1.807, 2.05) is 0 Å². The molecule has 3 nitrogen and oxygen atoms in total. The summed E-state index contributed by atoms with van der Waals surface area (Å²) in [4.78, 5) is 3.91. The lowest BCUT2D eigenvalue weighted by atomic mass is 9.96. The summed E-state index contributed by atoms with van der Waals surface area (Å²) in [5.41, 5.74) is 5.73. The van der Waals surface area contributed by atoms with Crippen LogP contribution >= 0.6 is 0 Å². The van der Waals surface area contributed by atoms with Gasteiger partial charge in [-0.2, -0.15) is 13.2 Å². The molecule has 2 saturated heterocycles. The van der Waals surface area contributed by atoms with Crippen LogP contribution in [-0.4, -0.2) is 60.3 Å². The molecule has 0 aromatic carbocycles. The molecule has 2 N–H and O–H groups in total. The Morgan fingerprint density at radius 1 is 1.21 bits per heavy atom. The van der Waals surface area contributed by atoms with Crippen LogP contribution in [0.5, 0.6) is 0 Å². The lowest BCUT2D eigenvalue weighted by molar-refractivity contribution is -0.196. The van der Waals surface area contributed by atoms with Crippen LogP contribution in [0.3, 0.4) is 0 Å². The Kier molecular flexibility index (Phi) is 4.74. The van der Waals surface area contributed by atoms with Gasteiger partial charge >= 0.3 is 6.18 Å². The monoisotopic (exact) mass is 279 g/mol. The molecule has 0 spiro atoms. The topological polar surface area (TPSA) is 32.5 Å². The zero-order valence-electron chi connectivity index (χ0n) is 11.5. The molecule has 0 aromatic rings. The quantitative estimate of drug-likeness (QED) is 0.855. The van der Waals surface area contributed by atoms with Gasteiger partial charge in [-0.1, -0.05) is 13.3 Å². The first-order chi connectivity index (χ1) is 8.93. The van der Waals surface area contributed by atoms with Crippen LogP contribution in [0.4, 0.5) is 13.2 Å². The van der Waals surface area contributed by atoms with Gasteiger partial charge in [-0.3, -0.25) is 9.80 Å². The maximum absolute atomic E-state index is 13.2. The number of nitrogens with two attached hydrogens (primary N) is 1. The van der Waals surface area contributed by atoms with Gasteiger partial charge in [-0.05, 0) is 25.8 Å². The van der Waals surface area contributed by atoms with E-state index in [0.29, 0.717) is 19.5 Å². The highest BCUT2D eigenvalue weighted by molar-refractivity contribution is 4.94. The van der Waals surface area contributed by atoms with E-state index in [9.17, 15) is 13.2 Å². The molecule has 2 rings (SSSR count). The van der Waals surface area contributed by atoms with Crippen LogP contribution in [0.15, 0.2) is 0 Å². The fourth-order valence-electron chi connectivity index (χ4n) is 3.38. The molecule has 3 atom stereocenters. The molecule has 0 aromatic heterocycles. The van der Waals surface area contributed by atoms with Gasteiger partial charge in [-0.15, -0.1) is 0 Å². The molecule has 0 radical (unpaired) electrons. The predicted molar refractivity (Wildman–Crippen MR) is 68.9 cm³/mol. The summed E-state index contributed by atoms with van der Waals surface area (Å²) in [6.07, 6.45) is -0.553. The predicted octanol–water partition coefficient (Wildman–Crippen LogP) is 1.82. The number of alkyl halides is 3. The van der Waals surface area contributed by atoms with Crippen molar-refractivity contribution in [3.05, 3.63) is 0 Å². The second-order valence-corrected chi connectivity index (χ2v) is 5.74. The summed E-state index contributed by atoms with van der Waals surface area (Å²) in [6.45, 7) is 4.50. The minimum atomic E-state index is -4.23. The average molecular weight is 279 g/mol. The van der Waals surface area contributed by atoms with E-state index in [1.165, 1.54) is 6.42 Å². The summed E-state index contributed by atoms with van der Waals surface area (Å²) >= 11 is 0. The van der Waals surface area contributed by atoms with Crippen LogP contribution in [0, 0.1) is 0 Å². The second kappa shape index (κ2) is 5.97. The van der Waals surface area contributed by atoms with E-state index in [1.54, 1.807) is 11.8 Å². The normalized spacial score (nSPS) is 29.8. The minimum Gasteiger partial charge on any atom is -0.326 e. The van der Waals surface area contributed by atoms with Gasteiger partial charge in [0, 0.05) is 31.7 Å². The number of nitrogens with zero attached hydrogens (tertiary/aromatic N) is 2. The Hall–Kier alpha value is -0.330. The summed E-state index contributed by atoms with van der Waals surface area (Å²) in [6, 6.07) is -2.02. The summed E-state index contributed by atoms with van der Waals surface area (Å²) in [5.74, 6) is 0. The highest BCUT2D eigenvalue weighted by Gasteiger charge is 2.48. The van der Waals surface area contributed by atoms with Crippen LogP contribution < -0.4 is 5.73 Å². The number of fused-ring (bicyclic) bond motifs is 1. The maximum Gasteiger partial charge on any atom is 0.405 e. The molecule has 19 heavy (non-hydrogen) atoms. The van der Waals surface area contributed by atoms with Gasteiger partial charge in [0.05, 0.1) is 0 Å². The van der Waals surface area contributed by atoms with Crippen molar-refractivity contribution in [3.8, 4) is 0 Å². The lowest BCUT2D eigenvalue weighted by Gasteiger charge is -2.47. The third-order valence-electron chi connectivity index (χ3n) is 4.47. The number of hydrogen-bond acceptors (Lipinski definition) is 3. The molecule has 0 amide bonds. The number of piperidine rings is 1. The molecule has 2 aliphatic heterocycles. The number of rotatable bonds is 3. The first kappa shape index (κ1) is 15.1. The van der Waals surface area contributed by atoms with Gasteiger partial charge in [0.2, 0.25) is 0 Å².